The van der Waals surface area contributed by atoms with E-state index in [1.807, 2.05) is 16.8 Å². The van der Waals surface area contributed by atoms with Gasteiger partial charge in [-0.25, -0.2) is 0 Å². The van der Waals surface area contributed by atoms with E-state index in [1.54, 1.807) is 11.3 Å². The fraction of sp³-hybridized carbons (Fsp3) is 0.467. The van der Waals surface area contributed by atoms with Gasteiger partial charge in [0.1, 0.15) is 6.54 Å². The minimum absolute atomic E-state index is 0.0781. The lowest BCUT2D eigenvalue weighted by molar-refractivity contribution is -0.122. The molecule has 7 heteroatoms. The van der Waals surface area contributed by atoms with Gasteiger partial charge in [-0.3, -0.25) is 4.79 Å². The quantitative estimate of drug-likeness (QED) is 0.830. The van der Waals surface area contributed by atoms with Crippen LogP contribution in [0.15, 0.2) is 28.5 Å². The molecule has 0 spiro atoms. The van der Waals surface area contributed by atoms with Crippen molar-refractivity contribution in [2.24, 2.45) is 0 Å². The Hall–Kier alpha value is -2.02. The zero-order valence-corrected chi connectivity index (χ0v) is 13.2. The van der Waals surface area contributed by atoms with Crippen molar-refractivity contribution < 1.29 is 4.79 Å². The molecule has 0 atom stereocenters. The number of thiophene rings is 1. The molecule has 1 N–H and O–H groups in total. The molecule has 1 aliphatic rings. The van der Waals surface area contributed by atoms with Crippen molar-refractivity contribution in [1.29, 1.82) is 0 Å². The lowest BCUT2D eigenvalue weighted by atomic mass is 9.97. The minimum atomic E-state index is -0.0781. The largest absolute Gasteiger partial charge is 0.354 e. The van der Waals surface area contributed by atoms with E-state index in [2.05, 4.69) is 26.8 Å². The number of tetrazole rings is 1. The van der Waals surface area contributed by atoms with Crippen LogP contribution in [0.2, 0.25) is 0 Å². The number of aromatic nitrogens is 4. The van der Waals surface area contributed by atoms with Crippen molar-refractivity contribution in [2.45, 2.75) is 38.6 Å². The molecule has 6 nitrogen and oxygen atoms in total. The lowest BCUT2D eigenvalue weighted by Gasteiger charge is -2.12. The SMILES string of the molecule is O=C(Cn1nnc(-c2ccsc2)n1)NCCC1=CCCCC1. The van der Waals surface area contributed by atoms with Crippen molar-refractivity contribution in [3.8, 4) is 11.4 Å². The van der Waals surface area contributed by atoms with Gasteiger partial charge >= 0.3 is 0 Å². The van der Waals surface area contributed by atoms with Gasteiger partial charge in [-0.1, -0.05) is 11.6 Å². The summed E-state index contributed by atoms with van der Waals surface area (Å²) in [6.07, 6.45) is 8.16. The molecule has 3 rings (SSSR count). The summed E-state index contributed by atoms with van der Waals surface area (Å²) in [6, 6.07) is 1.93. The van der Waals surface area contributed by atoms with Gasteiger partial charge in [0.25, 0.3) is 0 Å². The molecule has 0 saturated heterocycles. The van der Waals surface area contributed by atoms with Crippen LogP contribution in [-0.2, 0) is 11.3 Å². The lowest BCUT2D eigenvalue weighted by Crippen LogP contribution is -2.29. The molecule has 0 radical (unpaired) electrons. The smallest absolute Gasteiger partial charge is 0.243 e. The third-order valence-electron chi connectivity index (χ3n) is 3.67. The molecule has 2 aromatic heterocycles. The highest BCUT2D eigenvalue weighted by Gasteiger charge is 2.10. The molecular weight excluding hydrogens is 298 g/mol. The molecule has 2 heterocycles. The van der Waals surface area contributed by atoms with Crippen LogP contribution in [0.25, 0.3) is 11.4 Å². The Balaban J connectivity index is 1.44. The van der Waals surface area contributed by atoms with Gasteiger partial charge in [0.2, 0.25) is 11.7 Å². The fourth-order valence-electron chi connectivity index (χ4n) is 2.50. The van der Waals surface area contributed by atoms with E-state index in [4.69, 9.17) is 0 Å². The van der Waals surface area contributed by atoms with E-state index >= 15 is 0 Å². The summed E-state index contributed by atoms with van der Waals surface area (Å²) >= 11 is 1.58. The molecule has 2 aromatic rings. The summed E-state index contributed by atoms with van der Waals surface area (Å²) in [5.41, 5.74) is 2.39. The Morgan fingerprint density at radius 3 is 3.14 bits per heavy atom. The van der Waals surface area contributed by atoms with E-state index in [1.165, 1.54) is 36.1 Å². The average Bonchev–Trinajstić information content (AvgIpc) is 3.19. The number of hydrogen-bond acceptors (Lipinski definition) is 5. The van der Waals surface area contributed by atoms with E-state index in [0.29, 0.717) is 12.4 Å². The molecule has 0 unspecified atom stereocenters. The molecule has 116 valence electrons. The molecule has 0 fully saturated rings. The second-order valence-corrected chi connectivity index (χ2v) is 6.14. The Morgan fingerprint density at radius 2 is 2.36 bits per heavy atom. The topological polar surface area (TPSA) is 72.7 Å². The fourth-order valence-corrected chi connectivity index (χ4v) is 3.13. The first-order valence-corrected chi connectivity index (χ1v) is 8.50. The van der Waals surface area contributed by atoms with Crippen LogP contribution in [0.1, 0.15) is 32.1 Å². The average molecular weight is 317 g/mol. The maximum Gasteiger partial charge on any atom is 0.243 e. The van der Waals surface area contributed by atoms with Crippen molar-refractivity contribution in [2.75, 3.05) is 6.54 Å². The number of allylic oxidation sites excluding steroid dienone is 1. The zero-order chi connectivity index (χ0) is 15.2. The van der Waals surface area contributed by atoms with Gasteiger partial charge in [-0.05, 0) is 48.8 Å². The number of carbonyl (C=O) groups is 1. The summed E-state index contributed by atoms with van der Waals surface area (Å²) in [5.74, 6) is 0.479. The first-order chi connectivity index (χ1) is 10.8. The van der Waals surface area contributed by atoms with Gasteiger partial charge < -0.3 is 5.32 Å². The van der Waals surface area contributed by atoms with Crippen LogP contribution in [-0.4, -0.2) is 32.7 Å². The molecule has 22 heavy (non-hydrogen) atoms. The molecule has 0 aliphatic heterocycles. The van der Waals surface area contributed by atoms with Crippen molar-refractivity contribution >= 4 is 17.2 Å². The Kier molecular flexibility index (Phi) is 4.95. The monoisotopic (exact) mass is 317 g/mol. The maximum absolute atomic E-state index is 11.9. The summed E-state index contributed by atoms with van der Waals surface area (Å²) in [5, 5.41) is 18.9. The van der Waals surface area contributed by atoms with Gasteiger partial charge in [-0.2, -0.15) is 16.1 Å². The Morgan fingerprint density at radius 1 is 1.41 bits per heavy atom. The second-order valence-electron chi connectivity index (χ2n) is 5.36. The van der Waals surface area contributed by atoms with Crippen LogP contribution in [0.5, 0.6) is 0 Å². The summed E-state index contributed by atoms with van der Waals surface area (Å²) in [4.78, 5) is 13.2. The highest BCUT2D eigenvalue weighted by molar-refractivity contribution is 7.08. The predicted molar refractivity (Wildman–Crippen MR) is 85.3 cm³/mol. The van der Waals surface area contributed by atoms with E-state index in [9.17, 15) is 4.79 Å². The first kappa shape index (κ1) is 14.9. The van der Waals surface area contributed by atoms with Crippen LogP contribution in [0.3, 0.4) is 0 Å². The van der Waals surface area contributed by atoms with Crippen molar-refractivity contribution in [1.82, 2.24) is 25.5 Å². The van der Waals surface area contributed by atoms with Crippen molar-refractivity contribution in [3.63, 3.8) is 0 Å². The molecular formula is C15H19N5OS. The summed E-state index contributed by atoms with van der Waals surface area (Å²) in [6.45, 7) is 0.785. The highest BCUT2D eigenvalue weighted by Crippen LogP contribution is 2.19. The number of rotatable bonds is 6. The van der Waals surface area contributed by atoms with Gasteiger partial charge in [0, 0.05) is 17.5 Å². The van der Waals surface area contributed by atoms with Crippen LogP contribution in [0.4, 0.5) is 0 Å². The Labute approximate surface area is 133 Å². The van der Waals surface area contributed by atoms with Gasteiger partial charge in [0.05, 0.1) is 0 Å². The predicted octanol–water partition coefficient (Wildman–Crippen LogP) is 2.41. The number of amides is 1. The van der Waals surface area contributed by atoms with Crippen LogP contribution >= 0.6 is 11.3 Å². The third-order valence-corrected chi connectivity index (χ3v) is 4.35. The van der Waals surface area contributed by atoms with Gasteiger partial charge in [0.15, 0.2) is 0 Å². The zero-order valence-electron chi connectivity index (χ0n) is 12.4. The van der Waals surface area contributed by atoms with Crippen LogP contribution < -0.4 is 5.32 Å². The highest BCUT2D eigenvalue weighted by atomic mass is 32.1. The van der Waals surface area contributed by atoms with E-state index in [0.717, 1.165) is 12.0 Å². The Bertz CT molecular complexity index is 647. The van der Waals surface area contributed by atoms with Crippen LogP contribution in [0, 0.1) is 0 Å². The maximum atomic E-state index is 11.9. The summed E-state index contributed by atoms with van der Waals surface area (Å²) in [7, 11) is 0. The summed E-state index contributed by atoms with van der Waals surface area (Å²) < 4.78 is 0. The second kappa shape index (κ2) is 7.31. The number of carbonyl (C=O) groups excluding carboxylic acids is 1. The molecule has 1 amide bonds. The molecule has 1 aliphatic carbocycles. The van der Waals surface area contributed by atoms with E-state index in [-0.39, 0.29) is 12.5 Å². The molecule has 0 saturated carbocycles. The molecule has 0 bridgehead atoms. The van der Waals surface area contributed by atoms with E-state index < -0.39 is 0 Å². The standard InChI is InChI=1S/C15H19N5OS/c21-14(16-8-6-12-4-2-1-3-5-12)10-20-18-15(17-19-20)13-7-9-22-11-13/h4,7,9,11H,1-3,5-6,8,10H2,(H,16,21). The number of nitrogens with zero attached hydrogens (tertiary/aromatic N) is 4. The minimum Gasteiger partial charge on any atom is -0.354 e. The third kappa shape index (κ3) is 4.00. The van der Waals surface area contributed by atoms with Crippen molar-refractivity contribution in [3.05, 3.63) is 28.5 Å². The first-order valence-electron chi connectivity index (χ1n) is 7.56. The number of hydrogen-bond donors (Lipinski definition) is 1. The molecule has 0 aromatic carbocycles. The number of nitrogens with one attached hydrogen (secondary N) is 1. The van der Waals surface area contributed by atoms with Gasteiger partial charge in [-0.15, -0.1) is 10.2 Å². The normalized spacial score (nSPS) is 14.6.